The number of ether oxygens (including phenoxy) is 1. The minimum absolute atomic E-state index is 0.207. The molecule has 40 heavy (non-hydrogen) atoms. The van der Waals surface area contributed by atoms with Gasteiger partial charge in [-0.25, -0.2) is 9.18 Å². The van der Waals surface area contributed by atoms with Crippen LogP contribution in [0.4, 0.5) is 4.39 Å². The van der Waals surface area contributed by atoms with Crippen LogP contribution in [-0.4, -0.2) is 45.8 Å². The van der Waals surface area contributed by atoms with Crippen molar-refractivity contribution in [1.82, 2.24) is 19.0 Å². The molecule has 7 nitrogen and oxygen atoms in total. The molecule has 4 aromatic rings. The van der Waals surface area contributed by atoms with E-state index in [4.69, 9.17) is 4.74 Å². The van der Waals surface area contributed by atoms with Crippen LogP contribution in [0.3, 0.4) is 0 Å². The van der Waals surface area contributed by atoms with Crippen LogP contribution in [-0.2, 0) is 19.5 Å². The number of nitrogens with zero attached hydrogens (tertiary/aromatic N) is 3. The average molecular weight is 545 g/mol. The van der Waals surface area contributed by atoms with E-state index < -0.39 is 0 Å². The number of fused-ring (bicyclic) bond motifs is 2. The molecular formula is C32H37FN4O3. The Morgan fingerprint density at radius 3 is 2.52 bits per heavy atom. The summed E-state index contributed by atoms with van der Waals surface area (Å²) in [7, 11) is 1.70. The number of unbranched alkanes of at least 4 members (excludes halogenated alkanes) is 1. The zero-order valence-electron chi connectivity index (χ0n) is 23.1. The fourth-order valence-electron chi connectivity index (χ4n) is 6.56. The first-order chi connectivity index (χ1) is 19.5. The second-order valence-corrected chi connectivity index (χ2v) is 11.2. The van der Waals surface area contributed by atoms with Gasteiger partial charge in [-0.05, 0) is 112 Å². The smallest absolute Gasteiger partial charge is 0.331 e. The van der Waals surface area contributed by atoms with Crippen molar-refractivity contribution in [2.75, 3.05) is 26.7 Å². The molecule has 8 heteroatoms. The van der Waals surface area contributed by atoms with Gasteiger partial charge in [0.05, 0.1) is 12.7 Å². The van der Waals surface area contributed by atoms with Gasteiger partial charge in [0.1, 0.15) is 11.6 Å². The van der Waals surface area contributed by atoms with Crippen molar-refractivity contribution in [3.05, 3.63) is 86.6 Å². The summed E-state index contributed by atoms with van der Waals surface area (Å²) in [5.74, 6) is 1.07. The van der Waals surface area contributed by atoms with Gasteiger partial charge >= 0.3 is 5.69 Å². The highest BCUT2D eigenvalue weighted by Gasteiger charge is 2.24. The Labute approximate surface area is 233 Å². The first-order valence-corrected chi connectivity index (χ1v) is 14.5. The van der Waals surface area contributed by atoms with E-state index >= 15 is 0 Å². The molecule has 1 saturated heterocycles. The molecule has 2 aliphatic rings. The quantitative estimate of drug-likeness (QED) is 0.306. The molecule has 0 aliphatic carbocycles. The third kappa shape index (κ3) is 5.12. The van der Waals surface area contributed by atoms with Crippen LogP contribution in [0.15, 0.2) is 58.3 Å². The summed E-state index contributed by atoms with van der Waals surface area (Å²) in [6.07, 6.45) is 8.62. The molecule has 1 fully saturated rings. The van der Waals surface area contributed by atoms with E-state index in [-0.39, 0.29) is 17.1 Å². The van der Waals surface area contributed by atoms with Crippen LogP contribution in [0.1, 0.15) is 55.7 Å². The fraction of sp³-hybridized carbons (Fsp3) is 0.438. The number of hydrogen-bond donors (Lipinski definition) is 1. The summed E-state index contributed by atoms with van der Waals surface area (Å²) < 4.78 is 22.2. The number of piperidine rings is 1. The van der Waals surface area contributed by atoms with Crippen LogP contribution in [0.5, 0.6) is 5.75 Å². The molecule has 0 saturated carbocycles. The maximum Gasteiger partial charge on any atom is 0.331 e. The van der Waals surface area contributed by atoms with Crippen LogP contribution >= 0.6 is 0 Å². The van der Waals surface area contributed by atoms with Crippen LogP contribution in [0, 0.1) is 5.82 Å². The number of H-pyrrole nitrogens is 1. The van der Waals surface area contributed by atoms with Crippen LogP contribution in [0.2, 0.25) is 0 Å². The van der Waals surface area contributed by atoms with Gasteiger partial charge in [0.15, 0.2) is 0 Å². The minimum atomic E-state index is -0.336. The molecule has 1 N–H and O–H groups in total. The molecule has 0 atom stereocenters. The van der Waals surface area contributed by atoms with E-state index in [1.54, 1.807) is 23.8 Å². The molecule has 0 amide bonds. The average Bonchev–Trinajstić information content (AvgIpc) is 3.41. The first-order valence-electron chi connectivity index (χ1n) is 14.5. The summed E-state index contributed by atoms with van der Waals surface area (Å²) in [6, 6.07) is 12.2. The summed E-state index contributed by atoms with van der Waals surface area (Å²) in [6.45, 7) is 4.07. The number of methoxy groups -OCH3 is 1. The zero-order valence-corrected chi connectivity index (χ0v) is 23.1. The van der Waals surface area contributed by atoms with Crippen molar-refractivity contribution in [2.45, 2.75) is 64.0 Å². The molecule has 0 radical (unpaired) electrons. The van der Waals surface area contributed by atoms with E-state index in [1.165, 1.54) is 27.6 Å². The molecule has 4 heterocycles. The van der Waals surface area contributed by atoms with Gasteiger partial charge in [-0.15, -0.1) is 0 Å². The molecule has 2 aromatic heterocycles. The Balaban J connectivity index is 1.09. The number of hydrogen-bond acceptors (Lipinski definition) is 4. The van der Waals surface area contributed by atoms with Gasteiger partial charge in [0, 0.05) is 35.9 Å². The number of nitrogens with one attached hydrogen (secondary N) is 1. The zero-order chi connectivity index (χ0) is 27.6. The van der Waals surface area contributed by atoms with Gasteiger partial charge in [-0.2, -0.15) is 0 Å². The van der Waals surface area contributed by atoms with Crippen molar-refractivity contribution >= 4 is 10.9 Å². The lowest BCUT2D eigenvalue weighted by Crippen LogP contribution is -2.44. The lowest BCUT2D eigenvalue weighted by molar-refractivity contribution is 0.208. The first kappa shape index (κ1) is 26.6. The molecular weight excluding hydrogens is 507 g/mol. The summed E-state index contributed by atoms with van der Waals surface area (Å²) in [5.41, 5.74) is 4.09. The highest BCUT2D eigenvalue weighted by Crippen LogP contribution is 2.34. The van der Waals surface area contributed by atoms with E-state index in [2.05, 4.69) is 28.2 Å². The number of aromatic amines is 1. The monoisotopic (exact) mass is 544 g/mol. The third-order valence-corrected chi connectivity index (χ3v) is 8.77. The standard InChI is InChI=1S/C32H37FN4O3/c1-40-25-11-12-28-26(20-25)27(21-34-28)22-13-18-35(19-14-22)15-4-5-17-37-31(38)30(23-7-9-24(33)10-8-23)29-6-2-3-16-36(29)32(37)39/h7-12,20-22,34H,2-6,13-19H2,1H3. The molecule has 0 spiro atoms. The molecule has 2 aliphatic heterocycles. The number of benzene rings is 2. The normalized spacial score (nSPS) is 16.4. The van der Waals surface area contributed by atoms with Crippen molar-refractivity contribution < 1.29 is 9.13 Å². The van der Waals surface area contributed by atoms with Crippen molar-refractivity contribution in [3.63, 3.8) is 0 Å². The number of likely N-dealkylation sites (tertiary alicyclic amines) is 1. The van der Waals surface area contributed by atoms with Gasteiger partial charge in [-0.1, -0.05) is 12.1 Å². The van der Waals surface area contributed by atoms with Crippen molar-refractivity contribution in [2.24, 2.45) is 0 Å². The van der Waals surface area contributed by atoms with E-state index in [9.17, 15) is 14.0 Å². The maximum atomic E-state index is 13.6. The largest absolute Gasteiger partial charge is 0.497 e. The van der Waals surface area contributed by atoms with E-state index in [0.717, 1.165) is 75.1 Å². The van der Waals surface area contributed by atoms with Gasteiger partial charge in [0.2, 0.25) is 0 Å². The Morgan fingerprint density at radius 2 is 1.75 bits per heavy atom. The van der Waals surface area contributed by atoms with Crippen LogP contribution < -0.4 is 16.0 Å². The Hall–Kier alpha value is -3.65. The molecule has 0 bridgehead atoms. The van der Waals surface area contributed by atoms with E-state index in [1.807, 2.05) is 6.07 Å². The molecule has 0 unspecified atom stereocenters. The lowest BCUT2D eigenvalue weighted by atomic mass is 9.89. The lowest BCUT2D eigenvalue weighted by Gasteiger charge is -2.32. The van der Waals surface area contributed by atoms with E-state index in [0.29, 0.717) is 36.6 Å². The number of aromatic nitrogens is 3. The Morgan fingerprint density at radius 1 is 0.975 bits per heavy atom. The van der Waals surface area contributed by atoms with Gasteiger partial charge in [0.25, 0.3) is 5.56 Å². The van der Waals surface area contributed by atoms with Crippen molar-refractivity contribution in [1.29, 1.82) is 0 Å². The predicted octanol–water partition coefficient (Wildman–Crippen LogP) is 5.30. The Bertz CT molecular complexity index is 1610. The predicted molar refractivity (Wildman–Crippen MR) is 156 cm³/mol. The topological polar surface area (TPSA) is 72.3 Å². The fourth-order valence-corrected chi connectivity index (χ4v) is 6.56. The second-order valence-electron chi connectivity index (χ2n) is 11.2. The highest BCUT2D eigenvalue weighted by molar-refractivity contribution is 5.85. The van der Waals surface area contributed by atoms with Gasteiger partial charge < -0.3 is 14.6 Å². The van der Waals surface area contributed by atoms with Crippen molar-refractivity contribution in [3.8, 4) is 16.9 Å². The number of rotatable bonds is 8. The van der Waals surface area contributed by atoms with Crippen LogP contribution in [0.25, 0.3) is 22.0 Å². The molecule has 210 valence electrons. The molecule has 2 aromatic carbocycles. The highest BCUT2D eigenvalue weighted by atomic mass is 19.1. The maximum absolute atomic E-state index is 13.6. The molecule has 6 rings (SSSR count). The second kappa shape index (κ2) is 11.5. The Kier molecular flexibility index (Phi) is 7.61. The summed E-state index contributed by atoms with van der Waals surface area (Å²) in [5, 5.41) is 1.25. The SMILES string of the molecule is COc1ccc2[nH]cc(C3CCN(CCCCn4c(=O)c(-c5ccc(F)cc5)c5n(c4=O)CCCC5)CC3)c2c1. The summed E-state index contributed by atoms with van der Waals surface area (Å²) in [4.78, 5) is 32.8. The number of halogens is 1. The third-order valence-electron chi connectivity index (χ3n) is 8.77. The van der Waals surface area contributed by atoms with Gasteiger partial charge in [-0.3, -0.25) is 13.9 Å². The minimum Gasteiger partial charge on any atom is -0.497 e. The summed E-state index contributed by atoms with van der Waals surface area (Å²) >= 11 is 0.